The number of aliphatic imine (C=N–C) groups is 1. The topological polar surface area (TPSA) is 55.3 Å². The van der Waals surface area contributed by atoms with Crippen molar-refractivity contribution in [1.82, 2.24) is 9.88 Å². The number of aromatic nitrogens is 1. The molecule has 1 atom stereocenters. The molecule has 1 unspecified atom stereocenters. The molecule has 0 aliphatic carbocycles. The normalized spacial score (nSPS) is 19.7. The minimum absolute atomic E-state index is 0.257. The van der Waals surface area contributed by atoms with Crippen molar-refractivity contribution in [2.24, 2.45) is 17.8 Å². The van der Waals surface area contributed by atoms with Gasteiger partial charge in [0.25, 0.3) is 0 Å². The Balaban J connectivity index is 2.10. The molecule has 3 N–H and O–H groups in total. The molecule has 0 radical (unpaired) electrons. The van der Waals surface area contributed by atoms with E-state index < -0.39 is 0 Å². The molecule has 2 aromatic rings. The molecule has 3 rings (SSSR count). The van der Waals surface area contributed by atoms with Gasteiger partial charge < -0.3 is 15.6 Å². The number of hydrogen-bond acceptors (Lipinski definition) is 3. The average Bonchev–Trinajstić information content (AvgIpc) is 2.67. The second-order valence-corrected chi connectivity index (χ2v) is 5.53. The van der Waals surface area contributed by atoms with Gasteiger partial charge in [0.1, 0.15) is 0 Å². The van der Waals surface area contributed by atoms with E-state index in [1.165, 1.54) is 16.5 Å². The van der Waals surface area contributed by atoms with Crippen molar-refractivity contribution in [3.63, 3.8) is 0 Å². The van der Waals surface area contributed by atoms with Crippen LogP contribution in [0.1, 0.15) is 18.0 Å². The number of rotatable bonds is 1. The molecule has 0 spiro atoms. The third-order valence-electron chi connectivity index (χ3n) is 3.38. The lowest BCUT2D eigenvalue weighted by molar-refractivity contribution is 0.571. The Morgan fingerprint density at radius 3 is 3.11 bits per heavy atom. The maximum absolute atomic E-state index is 5.76. The molecule has 4 nitrogen and oxygen atoms in total. The zero-order valence-corrected chi connectivity index (χ0v) is 11.7. The van der Waals surface area contributed by atoms with Crippen LogP contribution in [0.25, 0.3) is 10.9 Å². The number of nitrogens with zero attached hydrogens (tertiary/aromatic N) is 2. The lowest BCUT2D eigenvalue weighted by atomic mass is 10.0. The first-order valence-corrected chi connectivity index (χ1v) is 6.75. The van der Waals surface area contributed by atoms with Gasteiger partial charge in [-0.2, -0.15) is 0 Å². The summed E-state index contributed by atoms with van der Waals surface area (Å²) in [5, 5.41) is 4.53. The molecule has 94 valence electrons. The highest BCUT2D eigenvalue weighted by Crippen LogP contribution is 2.30. The Labute approximate surface area is 114 Å². The number of fused-ring (bicyclic) bond motifs is 1. The monoisotopic (exact) mass is 306 g/mol. The standard InChI is InChI=1S/C13H15BrN4/c1-18-7-10(11-4-5-16-13(15)17-11)9-3-2-8(14)6-12(9)18/h2-3,6-7,11H,4-5H2,1H3,(H3,15,16,17). The summed E-state index contributed by atoms with van der Waals surface area (Å²) in [5.74, 6) is 0.542. The minimum atomic E-state index is 0.257. The van der Waals surface area contributed by atoms with E-state index >= 15 is 0 Å². The van der Waals surface area contributed by atoms with Gasteiger partial charge in [0.15, 0.2) is 5.96 Å². The third kappa shape index (κ3) is 1.88. The fourth-order valence-electron chi connectivity index (χ4n) is 2.51. The van der Waals surface area contributed by atoms with Gasteiger partial charge in [-0.1, -0.05) is 22.0 Å². The Kier molecular flexibility index (Phi) is 2.78. The predicted molar refractivity (Wildman–Crippen MR) is 77.6 cm³/mol. The lowest BCUT2D eigenvalue weighted by Gasteiger charge is -2.22. The summed E-state index contributed by atoms with van der Waals surface area (Å²) in [7, 11) is 2.07. The van der Waals surface area contributed by atoms with Crippen molar-refractivity contribution in [2.75, 3.05) is 6.54 Å². The highest BCUT2D eigenvalue weighted by molar-refractivity contribution is 9.10. The van der Waals surface area contributed by atoms with Crippen molar-refractivity contribution < 1.29 is 0 Å². The quantitative estimate of drug-likeness (QED) is 0.849. The van der Waals surface area contributed by atoms with Crippen molar-refractivity contribution in [1.29, 1.82) is 0 Å². The summed E-state index contributed by atoms with van der Waals surface area (Å²) in [5.41, 5.74) is 8.28. The van der Waals surface area contributed by atoms with E-state index in [1.54, 1.807) is 0 Å². The number of halogens is 1. The smallest absolute Gasteiger partial charge is 0.189 e. The summed E-state index contributed by atoms with van der Waals surface area (Å²) >= 11 is 3.51. The molecule has 1 aromatic carbocycles. The van der Waals surface area contributed by atoms with Crippen molar-refractivity contribution in [3.05, 3.63) is 34.4 Å². The maximum atomic E-state index is 5.76. The highest BCUT2D eigenvalue weighted by atomic mass is 79.9. The molecule has 2 heterocycles. The van der Waals surface area contributed by atoms with Gasteiger partial charge >= 0.3 is 0 Å². The molecule has 0 saturated carbocycles. The van der Waals surface area contributed by atoms with Gasteiger partial charge in [-0.15, -0.1) is 0 Å². The molecule has 1 aromatic heterocycles. The Morgan fingerprint density at radius 2 is 2.33 bits per heavy atom. The molecule has 0 fully saturated rings. The number of nitrogens with one attached hydrogen (secondary N) is 1. The molecule has 1 aliphatic heterocycles. The minimum Gasteiger partial charge on any atom is -0.370 e. The van der Waals surface area contributed by atoms with Gasteiger partial charge in [-0.05, 0) is 24.1 Å². The Morgan fingerprint density at radius 1 is 1.50 bits per heavy atom. The van der Waals surface area contributed by atoms with E-state index in [9.17, 15) is 0 Å². The fourth-order valence-corrected chi connectivity index (χ4v) is 2.86. The summed E-state index contributed by atoms with van der Waals surface area (Å²) in [6.45, 7) is 0.788. The van der Waals surface area contributed by atoms with Crippen LogP contribution in [0, 0.1) is 0 Å². The number of nitrogens with two attached hydrogens (primary N) is 1. The Hall–Kier alpha value is -1.49. The average molecular weight is 307 g/mol. The number of benzene rings is 1. The van der Waals surface area contributed by atoms with E-state index in [1.807, 2.05) is 0 Å². The third-order valence-corrected chi connectivity index (χ3v) is 3.87. The van der Waals surface area contributed by atoms with Crippen LogP contribution in [0.3, 0.4) is 0 Å². The summed E-state index contributed by atoms with van der Waals surface area (Å²) < 4.78 is 3.25. The lowest BCUT2D eigenvalue weighted by Crippen LogP contribution is -2.38. The Bertz CT molecular complexity index is 629. The van der Waals surface area contributed by atoms with Crippen LogP contribution < -0.4 is 11.1 Å². The first-order valence-electron chi connectivity index (χ1n) is 5.96. The van der Waals surface area contributed by atoms with E-state index in [0.29, 0.717) is 5.96 Å². The SMILES string of the molecule is Cn1cc(C2CCN=C(N)N2)c2ccc(Br)cc21. The summed E-state index contributed by atoms with van der Waals surface area (Å²) in [6, 6.07) is 6.62. The number of hydrogen-bond donors (Lipinski definition) is 2. The van der Waals surface area contributed by atoms with Gasteiger partial charge in [0, 0.05) is 35.2 Å². The van der Waals surface area contributed by atoms with E-state index in [-0.39, 0.29) is 6.04 Å². The van der Waals surface area contributed by atoms with Crippen LogP contribution in [0.2, 0.25) is 0 Å². The van der Waals surface area contributed by atoms with Crippen LogP contribution >= 0.6 is 15.9 Å². The van der Waals surface area contributed by atoms with Crippen LogP contribution in [0.4, 0.5) is 0 Å². The van der Waals surface area contributed by atoms with Gasteiger partial charge in [0.2, 0.25) is 0 Å². The van der Waals surface area contributed by atoms with E-state index in [2.05, 4.69) is 62.2 Å². The van der Waals surface area contributed by atoms with Crippen molar-refractivity contribution in [3.8, 4) is 0 Å². The molecular formula is C13H15BrN4. The van der Waals surface area contributed by atoms with Gasteiger partial charge in [-0.3, -0.25) is 4.99 Å². The second kappa shape index (κ2) is 4.31. The zero-order valence-electron chi connectivity index (χ0n) is 10.2. The summed E-state index contributed by atoms with van der Waals surface area (Å²) in [6.07, 6.45) is 3.16. The molecule has 0 saturated heterocycles. The van der Waals surface area contributed by atoms with Gasteiger partial charge in [-0.25, -0.2) is 0 Å². The molecule has 5 heteroatoms. The van der Waals surface area contributed by atoms with Crippen LogP contribution in [-0.2, 0) is 7.05 Å². The zero-order chi connectivity index (χ0) is 12.7. The molecule has 1 aliphatic rings. The first kappa shape index (κ1) is 11.6. The van der Waals surface area contributed by atoms with Gasteiger partial charge in [0.05, 0.1) is 6.04 Å². The maximum Gasteiger partial charge on any atom is 0.189 e. The molecule has 0 bridgehead atoms. The van der Waals surface area contributed by atoms with E-state index in [4.69, 9.17) is 5.73 Å². The second-order valence-electron chi connectivity index (χ2n) is 4.61. The highest BCUT2D eigenvalue weighted by Gasteiger charge is 2.20. The summed E-state index contributed by atoms with van der Waals surface area (Å²) in [4.78, 5) is 4.18. The van der Waals surface area contributed by atoms with Crippen LogP contribution in [0.5, 0.6) is 0 Å². The fraction of sp³-hybridized carbons (Fsp3) is 0.308. The van der Waals surface area contributed by atoms with Crippen LogP contribution in [0.15, 0.2) is 33.9 Å². The first-order chi connectivity index (χ1) is 8.65. The molecular weight excluding hydrogens is 292 g/mol. The van der Waals surface area contributed by atoms with Crippen LogP contribution in [-0.4, -0.2) is 17.1 Å². The number of guanidine groups is 1. The van der Waals surface area contributed by atoms with Crippen molar-refractivity contribution >= 4 is 32.8 Å². The van der Waals surface area contributed by atoms with E-state index in [0.717, 1.165) is 17.4 Å². The van der Waals surface area contributed by atoms with Crippen molar-refractivity contribution in [2.45, 2.75) is 12.5 Å². The largest absolute Gasteiger partial charge is 0.370 e. The molecule has 0 amide bonds. The predicted octanol–water partition coefficient (Wildman–Crippen LogP) is 2.29. The number of aryl methyl sites for hydroxylation is 1. The molecule has 18 heavy (non-hydrogen) atoms.